The van der Waals surface area contributed by atoms with Gasteiger partial charge in [-0.15, -0.1) is 0 Å². The van der Waals surface area contributed by atoms with Crippen molar-refractivity contribution in [2.24, 2.45) is 5.41 Å². The smallest absolute Gasteiger partial charge is 0.175 e. The molecule has 0 spiro atoms. The zero-order valence-electron chi connectivity index (χ0n) is 11.1. The summed E-state index contributed by atoms with van der Waals surface area (Å²) in [5.74, 6) is 1.10. The first-order chi connectivity index (χ1) is 8.78. The largest absolute Gasteiger partial charge is 0.380 e. The van der Waals surface area contributed by atoms with Gasteiger partial charge < -0.3 is 10.3 Å². The minimum Gasteiger partial charge on any atom is -0.380 e. The van der Waals surface area contributed by atoms with Gasteiger partial charge in [-0.25, -0.2) is 0 Å². The fourth-order valence-electron chi connectivity index (χ4n) is 1.92. The first-order valence-corrected chi connectivity index (χ1v) is 6.73. The van der Waals surface area contributed by atoms with E-state index in [2.05, 4.69) is 25.9 Å². The quantitative estimate of drug-likeness (QED) is 0.865. The highest BCUT2D eigenvalue weighted by molar-refractivity contribution is 6.36. The van der Waals surface area contributed by atoms with E-state index in [-0.39, 0.29) is 5.41 Å². The molecule has 0 unspecified atom stereocenters. The summed E-state index contributed by atoms with van der Waals surface area (Å²) in [4.78, 5) is 0. The van der Waals surface area contributed by atoms with Crippen LogP contribution in [0.5, 0.6) is 0 Å². The molecular formula is C14H16Cl2N2O. The summed E-state index contributed by atoms with van der Waals surface area (Å²) in [6, 6.07) is 5.29. The predicted molar refractivity (Wildman–Crippen MR) is 79.5 cm³/mol. The molecule has 2 rings (SSSR count). The third-order valence-electron chi connectivity index (χ3n) is 2.68. The average molecular weight is 299 g/mol. The molecule has 0 radical (unpaired) electrons. The van der Waals surface area contributed by atoms with E-state index in [0.717, 1.165) is 23.3 Å². The Morgan fingerprint density at radius 2 is 1.95 bits per heavy atom. The van der Waals surface area contributed by atoms with Gasteiger partial charge in [-0.3, -0.25) is 0 Å². The number of anilines is 1. The van der Waals surface area contributed by atoms with Crippen LogP contribution in [-0.2, 0) is 6.42 Å². The second-order valence-electron chi connectivity index (χ2n) is 5.73. The van der Waals surface area contributed by atoms with Gasteiger partial charge in [0.15, 0.2) is 5.82 Å². The molecule has 1 heterocycles. The van der Waals surface area contributed by atoms with Crippen LogP contribution < -0.4 is 5.73 Å². The lowest BCUT2D eigenvalue weighted by Crippen LogP contribution is -2.09. The Morgan fingerprint density at radius 3 is 2.53 bits per heavy atom. The van der Waals surface area contributed by atoms with E-state index in [1.807, 2.05) is 6.07 Å². The molecule has 0 aliphatic carbocycles. The number of rotatable bonds is 2. The third kappa shape index (κ3) is 3.23. The van der Waals surface area contributed by atoms with Gasteiger partial charge >= 0.3 is 0 Å². The predicted octanol–water partition coefficient (Wildman–Crippen LogP) is 4.82. The maximum absolute atomic E-state index is 6.23. The van der Waals surface area contributed by atoms with Crippen molar-refractivity contribution < 1.29 is 4.52 Å². The van der Waals surface area contributed by atoms with Gasteiger partial charge in [0.25, 0.3) is 0 Å². The van der Waals surface area contributed by atoms with E-state index in [1.54, 1.807) is 12.1 Å². The highest BCUT2D eigenvalue weighted by Crippen LogP contribution is 2.38. The molecule has 2 aromatic rings. The highest BCUT2D eigenvalue weighted by atomic mass is 35.5. The Labute approximate surface area is 122 Å². The van der Waals surface area contributed by atoms with Crippen molar-refractivity contribution in [3.8, 4) is 11.1 Å². The van der Waals surface area contributed by atoms with Gasteiger partial charge in [-0.2, -0.15) is 0 Å². The topological polar surface area (TPSA) is 52.0 Å². The third-order valence-corrected chi connectivity index (χ3v) is 3.23. The SMILES string of the molecule is CC(C)(C)Cc1onc(N)c1-c1ccc(Cl)cc1Cl. The maximum atomic E-state index is 6.23. The van der Waals surface area contributed by atoms with Crippen LogP contribution in [0.25, 0.3) is 11.1 Å². The second kappa shape index (κ2) is 5.06. The number of nitrogens with zero attached hydrogens (tertiary/aromatic N) is 1. The number of nitrogens with two attached hydrogens (primary N) is 1. The molecule has 5 heteroatoms. The Bertz CT molecular complexity index is 600. The van der Waals surface area contributed by atoms with E-state index < -0.39 is 0 Å². The van der Waals surface area contributed by atoms with Gasteiger partial charge in [0.2, 0.25) is 0 Å². The molecule has 19 heavy (non-hydrogen) atoms. The number of hydrogen-bond acceptors (Lipinski definition) is 3. The van der Waals surface area contributed by atoms with E-state index in [1.165, 1.54) is 0 Å². The first kappa shape index (κ1) is 14.2. The second-order valence-corrected chi connectivity index (χ2v) is 6.57. The van der Waals surface area contributed by atoms with Crippen molar-refractivity contribution in [2.75, 3.05) is 5.73 Å². The van der Waals surface area contributed by atoms with Crippen molar-refractivity contribution in [2.45, 2.75) is 27.2 Å². The van der Waals surface area contributed by atoms with Crippen molar-refractivity contribution >= 4 is 29.0 Å². The van der Waals surface area contributed by atoms with Crippen LogP contribution >= 0.6 is 23.2 Å². The summed E-state index contributed by atoms with van der Waals surface area (Å²) < 4.78 is 5.34. The molecule has 0 saturated carbocycles. The molecule has 0 aliphatic heterocycles. The number of hydrogen-bond donors (Lipinski definition) is 1. The standard InChI is InChI=1S/C14H16Cl2N2O/c1-14(2,3)7-11-12(13(17)18-19-11)9-5-4-8(15)6-10(9)16/h4-6H,7H2,1-3H3,(H2,17,18). The molecule has 0 bridgehead atoms. The molecule has 3 nitrogen and oxygen atoms in total. The summed E-state index contributed by atoms with van der Waals surface area (Å²) >= 11 is 12.1. The Hall–Kier alpha value is -1.19. The molecule has 0 aliphatic rings. The van der Waals surface area contributed by atoms with Crippen LogP contribution in [-0.4, -0.2) is 5.16 Å². The van der Waals surface area contributed by atoms with Gasteiger partial charge in [0.1, 0.15) is 5.76 Å². The Balaban J connectivity index is 2.52. The summed E-state index contributed by atoms with van der Waals surface area (Å²) in [6.45, 7) is 6.37. The van der Waals surface area contributed by atoms with Crippen LogP contribution in [0.4, 0.5) is 5.82 Å². The van der Waals surface area contributed by atoms with Gasteiger partial charge in [-0.1, -0.05) is 55.2 Å². The van der Waals surface area contributed by atoms with Gasteiger partial charge in [0, 0.05) is 17.0 Å². The van der Waals surface area contributed by atoms with Crippen LogP contribution in [0.1, 0.15) is 26.5 Å². The van der Waals surface area contributed by atoms with Crippen molar-refractivity contribution in [3.63, 3.8) is 0 Å². The normalized spacial score (nSPS) is 11.8. The zero-order valence-corrected chi connectivity index (χ0v) is 12.6. The molecular weight excluding hydrogens is 283 g/mol. The molecule has 1 aromatic heterocycles. The Morgan fingerprint density at radius 1 is 1.26 bits per heavy atom. The van der Waals surface area contributed by atoms with Gasteiger partial charge in [-0.05, 0) is 17.5 Å². The van der Waals surface area contributed by atoms with E-state index in [0.29, 0.717) is 15.9 Å². The lowest BCUT2D eigenvalue weighted by molar-refractivity contribution is 0.322. The summed E-state index contributed by atoms with van der Waals surface area (Å²) in [7, 11) is 0. The van der Waals surface area contributed by atoms with Crippen molar-refractivity contribution in [1.29, 1.82) is 0 Å². The van der Waals surface area contributed by atoms with E-state index >= 15 is 0 Å². The first-order valence-electron chi connectivity index (χ1n) is 5.97. The monoisotopic (exact) mass is 298 g/mol. The average Bonchev–Trinajstić information content (AvgIpc) is 2.58. The number of nitrogen functional groups attached to an aromatic ring is 1. The molecule has 102 valence electrons. The molecule has 0 amide bonds. The molecule has 0 atom stereocenters. The summed E-state index contributed by atoms with van der Waals surface area (Å²) in [5.41, 5.74) is 7.53. The molecule has 0 fully saturated rings. The fourth-order valence-corrected chi connectivity index (χ4v) is 2.42. The lowest BCUT2D eigenvalue weighted by Gasteiger charge is -2.16. The Kier molecular flexibility index (Phi) is 3.79. The molecule has 2 N–H and O–H groups in total. The maximum Gasteiger partial charge on any atom is 0.175 e. The number of aromatic nitrogens is 1. The van der Waals surface area contributed by atoms with Crippen LogP contribution in [0.2, 0.25) is 10.0 Å². The minimum absolute atomic E-state index is 0.0691. The fraction of sp³-hybridized carbons (Fsp3) is 0.357. The van der Waals surface area contributed by atoms with E-state index in [4.69, 9.17) is 33.5 Å². The van der Waals surface area contributed by atoms with Crippen LogP contribution in [0.15, 0.2) is 22.7 Å². The molecule has 1 aromatic carbocycles. The lowest BCUT2D eigenvalue weighted by atomic mass is 9.88. The van der Waals surface area contributed by atoms with Crippen LogP contribution in [0, 0.1) is 5.41 Å². The van der Waals surface area contributed by atoms with E-state index in [9.17, 15) is 0 Å². The van der Waals surface area contributed by atoms with Crippen molar-refractivity contribution in [1.82, 2.24) is 5.16 Å². The van der Waals surface area contributed by atoms with Gasteiger partial charge in [0.05, 0.1) is 10.6 Å². The number of benzene rings is 1. The summed E-state index contributed by atoms with van der Waals surface area (Å²) in [6.07, 6.45) is 0.728. The van der Waals surface area contributed by atoms with Crippen molar-refractivity contribution in [3.05, 3.63) is 34.0 Å². The minimum atomic E-state index is 0.0691. The zero-order chi connectivity index (χ0) is 14.2. The summed E-state index contributed by atoms with van der Waals surface area (Å²) in [5, 5.41) is 4.98. The van der Waals surface area contributed by atoms with Crippen LogP contribution in [0.3, 0.4) is 0 Å². The molecule has 0 saturated heterocycles. The highest BCUT2D eigenvalue weighted by Gasteiger charge is 2.23. The number of halogens is 2.